The number of alkyl halides is 2. The summed E-state index contributed by atoms with van der Waals surface area (Å²) < 4.78 is 27.3. The predicted octanol–water partition coefficient (Wildman–Crippen LogP) is 4.00. The number of rotatable bonds is 4. The van der Waals surface area contributed by atoms with E-state index in [2.05, 4.69) is 4.98 Å². The summed E-state index contributed by atoms with van der Waals surface area (Å²) in [5.74, 6) is -2.65. The van der Waals surface area contributed by atoms with E-state index in [1.54, 1.807) is 39.0 Å². The lowest BCUT2D eigenvalue weighted by Gasteiger charge is -2.27. The third-order valence-electron chi connectivity index (χ3n) is 4.27. The highest BCUT2D eigenvalue weighted by molar-refractivity contribution is 7.99. The molecule has 1 aromatic carbocycles. The van der Waals surface area contributed by atoms with Gasteiger partial charge in [-0.2, -0.15) is 8.78 Å². The molecular weight excluding hydrogens is 364 g/mol. The third-order valence-corrected chi connectivity index (χ3v) is 5.99. The Balaban J connectivity index is 1.60. The van der Waals surface area contributed by atoms with E-state index < -0.39 is 5.76 Å². The number of hydrogen-bond donors (Lipinski definition) is 0. The smallest absolute Gasteiger partial charge is 0.291 e. The van der Waals surface area contributed by atoms with E-state index in [-0.39, 0.29) is 17.6 Å². The number of imidazole rings is 1. The topological polar surface area (TPSA) is 38.1 Å². The van der Waals surface area contributed by atoms with E-state index >= 15 is 0 Å². The fraction of sp³-hybridized carbons (Fsp3) is 0.294. The van der Waals surface area contributed by atoms with E-state index in [4.69, 9.17) is 0 Å². The summed E-state index contributed by atoms with van der Waals surface area (Å²) in [6, 6.07) is 9.24. The van der Waals surface area contributed by atoms with Crippen LogP contribution < -0.4 is 0 Å². The Bertz CT molecular complexity index is 922. The van der Waals surface area contributed by atoms with Crippen molar-refractivity contribution in [1.82, 2.24) is 14.5 Å². The Morgan fingerprint density at radius 2 is 2.16 bits per heavy atom. The molecule has 4 nitrogen and oxygen atoms in total. The van der Waals surface area contributed by atoms with Gasteiger partial charge in [-0.3, -0.25) is 4.79 Å². The first kappa shape index (κ1) is 16.5. The molecule has 0 bridgehead atoms. The van der Waals surface area contributed by atoms with Crippen LogP contribution in [0.1, 0.15) is 10.4 Å². The quantitative estimate of drug-likeness (QED) is 0.643. The number of para-hydroxylation sites is 2. The van der Waals surface area contributed by atoms with Gasteiger partial charge in [-0.25, -0.2) is 4.98 Å². The molecule has 3 aromatic rings. The highest BCUT2D eigenvalue weighted by Gasteiger charge is 2.24. The zero-order chi connectivity index (χ0) is 17.4. The van der Waals surface area contributed by atoms with Crippen LogP contribution in [0.25, 0.3) is 11.0 Å². The van der Waals surface area contributed by atoms with Crippen molar-refractivity contribution in [3.8, 4) is 0 Å². The second-order valence-electron chi connectivity index (χ2n) is 5.78. The van der Waals surface area contributed by atoms with Gasteiger partial charge in [0.1, 0.15) is 6.54 Å². The minimum absolute atomic E-state index is 0.0229. The van der Waals surface area contributed by atoms with Gasteiger partial charge in [0.2, 0.25) is 5.91 Å². The Kier molecular flexibility index (Phi) is 4.47. The van der Waals surface area contributed by atoms with Gasteiger partial charge in [-0.15, -0.1) is 11.3 Å². The molecule has 1 amide bonds. The fourth-order valence-electron chi connectivity index (χ4n) is 3.07. The number of benzene rings is 1. The Labute approximate surface area is 151 Å². The molecule has 0 N–H and O–H groups in total. The molecule has 25 heavy (non-hydrogen) atoms. The number of thioether (sulfide) groups is 1. The largest absolute Gasteiger partial charge is 0.336 e. The molecule has 0 aliphatic carbocycles. The number of hydrogen-bond acceptors (Lipinski definition) is 4. The maximum Gasteiger partial charge on any atom is 0.291 e. The van der Waals surface area contributed by atoms with Crippen molar-refractivity contribution in [2.24, 2.45) is 0 Å². The average molecular weight is 379 g/mol. The van der Waals surface area contributed by atoms with Gasteiger partial charge in [0.05, 0.1) is 11.0 Å². The summed E-state index contributed by atoms with van der Waals surface area (Å²) in [6.45, 7) is 1.27. The monoisotopic (exact) mass is 379 g/mol. The van der Waals surface area contributed by atoms with Crippen LogP contribution in [-0.2, 0) is 24.3 Å². The minimum Gasteiger partial charge on any atom is -0.336 e. The van der Waals surface area contributed by atoms with Crippen LogP contribution in [0.2, 0.25) is 0 Å². The molecule has 0 saturated carbocycles. The minimum atomic E-state index is -2.57. The highest BCUT2D eigenvalue weighted by Crippen LogP contribution is 2.29. The number of thiophene rings is 1. The molecule has 0 radical (unpaired) electrons. The maximum absolute atomic E-state index is 12.9. The average Bonchev–Trinajstić information content (AvgIpc) is 3.18. The van der Waals surface area contributed by atoms with E-state index in [9.17, 15) is 13.6 Å². The molecule has 1 aliphatic rings. The predicted molar refractivity (Wildman–Crippen MR) is 95.0 cm³/mol. The Morgan fingerprint density at radius 3 is 3.00 bits per heavy atom. The van der Waals surface area contributed by atoms with Crippen molar-refractivity contribution in [2.75, 3.05) is 6.54 Å². The van der Waals surface area contributed by atoms with Gasteiger partial charge in [-0.05, 0) is 47.3 Å². The molecule has 1 aliphatic heterocycles. The number of nitrogens with zero attached hydrogens (tertiary/aromatic N) is 3. The summed E-state index contributed by atoms with van der Waals surface area (Å²) in [7, 11) is 0. The van der Waals surface area contributed by atoms with E-state index in [1.807, 2.05) is 17.5 Å². The van der Waals surface area contributed by atoms with Crippen molar-refractivity contribution < 1.29 is 13.6 Å². The molecule has 0 fully saturated rings. The lowest BCUT2D eigenvalue weighted by atomic mass is 10.1. The summed E-state index contributed by atoms with van der Waals surface area (Å²) in [5.41, 5.74) is 2.51. The molecule has 0 unspecified atom stereocenters. The van der Waals surface area contributed by atoms with Gasteiger partial charge < -0.3 is 9.47 Å². The Hall–Kier alpha value is -1.93. The Morgan fingerprint density at radius 1 is 1.32 bits per heavy atom. The van der Waals surface area contributed by atoms with Crippen LogP contribution in [0, 0.1) is 0 Å². The summed E-state index contributed by atoms with van der Waals surface area (Å²) >= 11 is 2.09. The first-order chi connectivity index (χ1) is 12.1. The number of amides is 1. The van der Waals surface area contributed by atoms with E-state index in [0.29, 0.717) is 35.9 Å². The van der Waals surface area contributed by atoms with Crippen molar-refractivity contribution in [2.45, 2.75) is 30.4 Å². The van der Waals surface area contributed by atoms with Gasteiger partial charge in [-0.1, -0.05) is 12.1 Å². The van der Waals surface area contributed by atoms with Gasteiger partial charge in [0, 0.05) is 18.0 Å². The van der Waals surface area contributed by atoms with Gasteiger partial charge in [0.25, 0.3) is 5.76 Å². The lowest BCUT2D eigenvalue weighted by Crippen LogP contribution is -2.37. The molecule has 0 saturated heterocycles. The SMILES string of the molecule is O=C(Cn1c(SC(F)F)nc2ccccc21)N1CCc2sccc2C1. The standard InChI is InChI=1S/C17H15F2N3OS2/c18-16(19)25-17-20-12-3-1-2-4-13(12)22(17)10-15(23)21-7-5-14-11(9-21)6-8-24-14/h1-4,6,8,16H,5,7,9-10H2. The van der Waals surface area contributed by atoms with Crippen LogP contribution in [-0.4, -0.2) is 32.7 Å². The van der Waals surface area contributed by atoms with Gasteiger partial charge in [0.15, 0.2) is 5.16 Å². The summed E-state index contributed by atoms with van der Waals surface area (Å²) in [6.07, 6.45) is 0.849. The number of halogens is 2. The molecule has 3 heterocycles. The van der Waals surface area contributed by atoms with Crippen molar-refractivity contribution in [1.29, 1.82) is 0 Å². The second kappa shape index (κ2) is 6.76. The maximum atomic E-state index is 12.9. The van der Waals surface area contributed by atoms with Crippen LogP contribution in [0.3, 0.4) is 0 Å². The van der Waals surface area contributed by atoms with Crippen LogP contribution in [0.5, 0.6) is 0 Å². The molecule has 0 atom stereocenters. The molecule has 0 spiro atoms. The van der Waals surface area contributed by atoms with E-state index in [1.165, 1.54) is 10.4 Å². The van der Waals surface area contributed by atoms with Crippen LogP contribution in [0.4, 0.5) is 8.78 Å². The lowest BCUT2D eigenvalue weighted by molar-refractivity contribution is -0.132. The molecule has 2 aromatic heterocycles. The first-order valence-corrected chi connectivity index (χ1v) is 9.61. The number of fused-ring (bicyclic) bond motifs is 2. The fourth-order valence-corrected chi connectivity index (χ4v) is 4.56. The first-order valence-electron chi connectivity index (χ1n) is 7.85. The molecular formula is C17H15F2N3OS2. The highest BCUT2D eigenvalue weighted by atomic mass is 32.2. The molecule has 4 rings (SSSR count). The normalized spacial score (nSPS) is 14.3. The van der Waals surface area contributed by atoms with Crippen LogP contribution in [0.15, 0.2) is 40.9 Å². The summed E-state index contributed by atoms with van der Waals surface area (Å²) in [4.78, 5) is 20.1. The van der Waals surface area contributed by atoms with Crippen LogP contribution >= 0.6 is 23.1 Å². The molecule has 130 valence electrons. The number of carbonyl (C=O) groups excluding carboxylic acids is 1. The third kappa shape index (κ3) is 3.28. The number of carbonyl (C=O) groups is 1. The summed E-state index contributed by atoms with van der Waals surface area (Å²) in [5, 5.41) is 2.22. The van der Waals surface area contributed by atoms with Crippen molar-refractivity contribution >= 4 is 40.0 Å². The van der Waals surface area contributed by atoms with E-state index in [0.717, 1.165) is 6.42 Å². The van der Waals surface area contributed by atoms with Gasteiger partial charge >= 0.3 is 0 Å². The second-order valence-corrected chi connectivity index (χ2v) is 7.74. The zero-order valence-corrected chi connectivity index (χ0v) is 14.8. The van der Waals surface area contributed by atoms with Crippen molar-refractivity contribution in [3.05, 3.63) is 46.2 Å². The number of aromatic nitrogens is 2. The zero-order valence-electron chi connectivity index (χ0n) is 13.2. The van der Waals surface area contributed by atoms with Crippen molar-refractivity contribution in [3.63, 3.8) is 0 Å². The molecule has 8 heteroatoms.